The van der Waals surface area contributed by atoms with Gasteiger partial charge in [-0.3, -0.25) is 0 Å². The average molecular weight is 274 g/mol. The summed E-state index contributed by atoms with van der Waals surface area (Å²) >= 11 is 0. The summed E-state index contributed by atoms with van der Waals surface area (Å²) in [7, 11) is 0. The number of hydrogen-bond donors (Lipinski definition) is 0. The molecule has 2 aliphatic carbocycles. The molecular weight excluding hydrogens is 252 g/mol. The van der Waals surface area contributed by atoms with Gasteiger partial charge in [-0.25, -0.2) is 0 Å². The number of hydrogen-bond acceptors (Lipinski definition) is 0. The van der Waals surface area contributed by atoms with Crippen molar-refractivity contribution in [3.8, 4) is 0 Å². The Bertz CT molecular complexity index is 706. The number of allylic oxidation sites excluding steroid dienone is 8. The predicted molar refractivity (Wildman–Crippen MR) is 93.1 cm³/mol. The van der Waals surface area contributed by atoms with E-state index in [0.29, 0.717) is 0 Å². The zero-order chi connectivity index (χ0) is 15.0. The van der Waals surface area contributed by atoms with Crippen LogP contribution in [0.2, 0.25) is 0 Å². The predicted octanol–water partition coefficient (Wildman–Crippen LogP) is 5.84. The third-order valence-electron chi connectivity index (χ3n) is 4.71. The van der Waals surface area contributed by atoms with Crippen LogP contribution in [-0.4, -0.2) is 0 Å². The molecule has 1 aromatic carbocycles. The van der Waals surface area contributed by atoms with Crippen molar-refractivity contribution in [2.24, 2.45) is 0 Å². The molecule has 0 aliphatic heterocycles. The fourth-order valence-corrected chi connectivity index (χ4v) is 3.59. The van der Waals surface area contributed by atoms with Gasteiger partial charge in [-0.2, -0.15) is 0 Å². The zero-order valence-electron chi connectivity index (χ0n) is 12.9. The van der Waals surface area contributed by atoms with Crippen molar-refractivity contribution in [2.75, 3.05) is 0 Å². The molecule has 0 atom stereocenters. The summed E-state index contributed by atoms with van der Waals surface area (Å²) in [5, 5.41) is 0. The van der Waals surface area contributed by atoms with Crippen molar-refractivity contribution in [1.29, 1.82) is 0 Å². The van der Waals surface area contributed by atoms with Gasteiger partial charge in [-0.15, -0.1) is 0 Å². The molecule has 21 heavy (non-hydrogen) atoms. The Hall–Kier alpha value is -2.08. The topological polar surface area (TPSA) is 0 Å². The molecule has 0 amide bonds. The summed E-state index contributed by atoms with van der Waals surface area (Å²) in [6, 6.07) is 6.83. The highest BCUT2D eigenvalue weighted by Crippen LogP contribution is 2.50. The summed E-state index contributed by atoms with van der Waals surface area (Å²) in [6.07, 6.45) is 12.7. The molecule has 0 unspecified atom stereocenters. The fraction of sp³-hybridized carbons (Fsp3) is 0.238. The van der Waals surface area contributed by atoms with E-state index in [1.165, 1.54) is 34.3 Å². The van der Waals surface area contributed by atoms with Crippen molar-refractivity contribution < 1.29 is 0 Å². The van der Waals surface area contributed by atoms with E-state index in [0.717, 1.165) is 12.0 Å². The fourth-order valence-electron chi connectivity index (χ4n) is 3.59. The summed E-state index contributed by atoms with van der Waals surface area (Å²) < 4.78 is 0. The van der Waals surface area contributed by atoms with Crippen LogP contribution in [0.5, 0.6) is 0 Å². The Balaban J connectivity index is 2.16. The monoisotopic (exact) mass is 274 g/mol. The minimum absolute atomic E-state index is 0.0953. The van der Waals surface area contributed by atoms with E-state index in [4.69, 9.17) is 0 Å². The zero-order valence-corrected chi connectivity index (χ0v) is 12.9. The van der Waals surface area contributed by atoms with Gasteiger partial charge in [0.2, 0.25) is 0 Å². The number of benzene rings is 1. The average Bonchev–Trinajstić information content (AvgIpc) is 2.73. The highest BCUT2D eigenvalue weighted by atomic mass is 14.4. The van der Waals surface area contributed by atoms with E-state index in [1.807, 2.05) is 18.2 Å². The second-order valence-electron chi connectivity index (χ2n) is 6.28. The van der Waals surface area contributed by atoms with Crippen molar-refractivity contribution in [3.05, 3.63) is 84.0 Å². The molecular formula is C21H22. The Kier molecular flexibility index (Phi) is 3.33. The Labute approximate surface area is 127 Å². The van der Waals surface area contributed by atoms with Crippen LogP contribution in [-0.2, 0) is 5.41 Å². The maximum Gasteiger partial charge on any atom is 0.0155 e. The van der Waals surface area contributed by atoms with Crippen LogP contribution < -0.4 is 0 Å². The van der Waals surface area contributed by atoms with Crippen molar-refractivity contribution in [3.63, 3.8) is 0 Å². The van der Waals surface area contributed by atoms with Crippen molar-refractivity contribution in [1.82, 2.24) is 0 Å². The van der Waals surface area contributed by atoms with Crippen molar-refractivity contribution in [2.45, 2.75) is 32.1 Å². The van der Waals surface area contributed by atoms with Crippen molar-refractivity contribution >= 4 is 11.1 Å². The second kappa shape index (κ2) is 5.04. The quantitative estimate of drug-likeness (QED) is 0.608. The molecule has 0 bridgehead atoms. The van der Waals surface area contributed by atoms with Crippen LogP contribution in [0.4, 0.5) is 0 Å². The third kappa shape index (κ3) is 2.06. The van der Waals surface area contributed by atoms with Crippen LogP contribution in [0.1, 0.15) is 43.4 Å². The standard InChI is InChI=1S/C21H22/c1-5-9-15(6-2)16-12-13-18-17-10-7-8-11-19(17)21(3,4)20(18)14-16/h5-6,8-9,11-14H,1-2,7,10H2,3-4H3/b15-9+. The molecule has 0 spiro atoms. The van der Waals surface area contributed by atoms with E-state index in [-0.39, 0.29) is 5.41 Å². The van der Waals surface area contributed by atoms with Gasteiger partial charge < -0.3 is 0 Å². The Morgan fingerprint density at radius 3 is 2.76 bits per heavy atom. The summed E-state index contributed by atoms with van der Waals surface area (Å²) in [5.41, 5.74) is 8.35. The minimum Gasteiger partial charge on any atom is -0.0990 e. The van der Waals surface area contributed by atoms with Gasteiger partial charge in [0.05, 0.1) is 0 Å². The SMILES string of the molecule is C=C/C=C(\C=C)c1ccc2c(c1)C(C)(C)C1=C2CCC=C1. The van der Waals surface area contributed by atoms with Crippen LogP contribution in [0.3, 0.4) is 0 Å². The van der Waals surface area contributed by atoms with Gasteiger partial charge in [0.25, 0.3) is 0 Å². The van der Waals surface area contributed by atoms with Gasteiger partial charge in [0, 0.05) is 5.41 Å². The molecule has 2 aliphatic rings. The van der Waals surface area contributed by atoms with Crippen LogP contribution in [0.25, 0.3) is 11.1 Å². The first kappa shape index (κ1) is 13.9. The molecule has 3 rings (SSSR count). The Morgan fingerprint density at radius 2 is 2.05 bits per heavy atom. The van der Waals surface area contributed by atoms with Gasteiger partial charge in [0.15, 0.2) is 0 Å². The molecule has 1 aromatic rings. The number of rotatable bonds is 3. The summed E-state index contributed by atoms with van der Waals surface area (Å²) in [6.45, 7) is 12.4. The van der Waals surface area contributed by atoms with E-state index in [9.17, 15) is 0 Å². The normalized spacial score (nSPS) is 19.2. The van der Waals surface area contributed by atoms with Crippen LogP contribution in [0, 0.1) is 0 Å². The lowest BCUT2D eigenvalue weighted by Crippen LogP contribution is -2.16. The highest BCUT2D eigenvalue weighted by Gasteiger charge is 2.36. The first-order valence-corrected chi connectivity index (χ1v) is 7.60. The van der Waals surface area contributed by atoms with Crippen LogP contribution in [0.15, 0.2) is 67.3 Å². The summed E-state index contributed by atoms with van der Waals surface area (Å²) in [5.74, 6) is 0. The molecule has 0 nitrogen and oxygen atoms in total. The van der Waals surface area contributed by atoms with Gasteiger partial charge in [-0.05, 0) is 52.3 Å². The van der Waals surface area contributed by atoms with E-state index in [2.05, 4.69) is 57.4 Å². The molecule has 106 valence electrons. The lowest BCUT2D eigenvalue weighted by molar-refractivity contribution is 0.651. The maximum atomic E-state index is 3.92. The van der Waals surface area contributed by atoms with E-state index in [1.54, 1.807) is 0 Å². The first-order valence-electron chi connectivity index (χ1n) is 7.60. The molecule has 0 saturated carbocycles. The molecule has 0 aromatic heterocycles. The molecule has 0 N–H and O–H groups in total. The maximum absolute atomic E-state index is 3.92. The van der Waals surface area contributed by atoms with Gasteiger partial charge in [0.1, 0.15) is 0 Å². The smallest absolute Gasteiger partial charge is 0.0155 e. The van der Waals surface area contributed by atoms with Gasteiger partial charge in [-0.1, -0.05) is 69.5 Å². The van der Waals surface area contributed by atoms with Crippen LogP contribution >= 0.6 is 0 Å². The highest BCUT2D eigenvalue weighted by molar-refractivity contribution is 5.85. The molecule has 0 heteroatoms. The molecule has 0 saturated heterocycles. The Morgan fingerprint density at radius 1 is 1.24 bits per heavy atom. The molecule has 0 radical (unpaired) electrons. The lowest BCUT2D eigenvalue weighted by Gasteiger charge is -2.24. The number of fused-ring (bicyclic) bond motifs is 2. The first-order chi connectivity index (χ1) is 10.1. The largest absolute Gasteiger partial charge is 0.0990 e. The van der Waals surface area contributed by atoms with E-state index < -0.39 is 0 Å². The van der Waals surface area contributed by atoms with Gasteiger partial charge >= 0.3 is 0 Å². The van der Waals surface area contributed by atoms with E-state index >= 15 is 0 Å². The minimum atomic E-state index is 0.0953. The molecule has 0 fully saturated rings. The third-order valence-corrected chi connectivity index (χ3v) is 4.71. The second-order valence-corrected chi connectivity index (χ2v) is 6.28. The molecule has 0 heterocycles. The lowest BCUT2D eigenvalue weighted by atomic mass is 9.79. The summed E-state index contributed by atoms with van der Waals surface area (Å²) in [4.78, 5) is 0.